The third-order valence-electron chi connectivity index (χ3n) is 4.34. The van der Waals surface area contributed by atoms with E-state index in [1.54, 1.807) is 0 Å². The van der Waals surface area contributed by atoms with E-state index >= 15 is 0 Å². The molecule has 1 heterocycles. The van der Waals surface area contributed by atoms with Gasteiger partial charge in [0.25, 0.3) is 0 Å². The maximum Gasteiger partial charge on any atom is 0.135 e. The summed E-state index contributed by atoms with van der Waals surface area (Å²) in [5, 5.41) is 0. The van der Waals surface area contributed by atoms with Crippen molar-refractivity contribution in [2.24, 2.45) is 5.92 Å². The lowest BCUT2D eigenvalue weighted by atomic mass is 9.93. The van der Waals surface area contributed by atoms with E-state index in [4.69, 9.17) is 0 Å². The first kappa shape index (κ1) is 11.1. The van der Waals surface area contributed by atoms with Gasteiger partial charge in [-0.1, -0.05) is 12.8 Å². The van der Waals surface area contributed by atoms with Crippen molar-refractivity contribution < 1.29 is 4.79 Å². The summed E-state index contributed by atoms with van der Waals surface area (Å²) >= 11 is 0. The second-order valence-electron chi connectivity index (χ2n) is 5.36. The molecule has 2 atom stereocenters. The minimum absolute atomic E-state index is 0.456. The number of ketones is 1. The Morgan fingerprint density at radius 1 is 1.33 bits per heavy atom. The molecule has 2 rings (SSSR count). The SMILES string of the molecule is CC1CC(=O)CCN1C(C)C1CCCC1. The monoisotopic (exact) mass is 209 g/mol. The zero-order chi connectivity index (χ0) is 10.8. The number of carbonyl (C=O) groups is 1. The molecule has 1 aliphatic heterocycles. The number of rotatable bonds is 2. The van der Waals surface area contributed by atoms with E-state index in [0.717, 1.165) is 25.3 Å². The molecule has 0 spiro atoms. The van der Waals surface area contributed by atoms with Gasteiger partial charge in [-0.2, -0.15) is 0 Å². The molecule has 2 heteroatoms. The fourth-order valence-corrected chi connectivity index (χ4v) is 3.34. The van der Waals surface area contributed by atoms with Crippen LogP contribution in [-0.2, 0) is 4.79 Å². The molecule has 2 nitrogen and oxygen atoms in total. The molecule has 2 aliphatic rings. The molecule has 2 unspecified atom stereocenters. The highest BCUT2D eigenvalue weighted by molar-refractivity contribution is 5.79. The van der Waals surface area contributed by atoms with Crippen LogP contribution >= 0.6 is 0 Å². The van der Waals surface area contributed by atoms with Gasteiger partial charge in [-0.05, 0) is 32.6 Å². The fraction of sp³-hybridized carbons (Fsp3) is 0.923. The molecule has 0 aromatic heterocycles. The topological polar surface area (TPSA) is 20.3 Å². The first-order valence-electron chi connectivity index (χ1n) is 6.46. The van der Waals surface area contributed by atoms with Gasteiger partial charge < -0.3 is 0 Å². The van der Waals surface area contributed by atoms with Gasteiger partial charge in [-0.3, -0.25) is 9.69 Å². The summed E-state index contributed by atoms with van der Waals surface area (Å²) < 4.78 is 0. The molecular formula is C13H23NO. The number of likely N-dealkylation sites (tertiary alicyclic amines) is 1. The second kappa shape index (κ2) is 4.65. The first-order valence-corrected chi connectivity index (χ1v) is 6.46. The third-order valence-corrected chi connectivity index (χ3v) is 4.34. The van der Waals surface area contributed by atoms with Crippen LogP contribution in [0.1, 0.15) is 52.4 Å². The van der Waals surface area contributed by atoms with Crippen molar-refractivity contribution in [1.29, 1.82) is 0 Å². The van der Waals surface area contributed by atoms with E-state index in [9.17, 15) is 4.79 Å². The summed E-state index contributed by atoms with van der Waals surface area (Å²) in [6.07, 6.45) is 7.18. The molecule has 0 bridgehead atoms. The molecule has 1 saturated carbocycles. The Morgan fingerprint density at radius 3 is 2.60 bits per heavy atom. The molecule has 15 heavy (non-hydrogen) atoms. The average Bonchev–Trinajstić information content (AvgIpc) is 2.69. The van der Waals surface area contributed by atoms with Crippen molar-refractivity contribution >= 4 is 5.78 Å². The quantitative estimate of drug-likeness (QED) is 0.697. The van der Waals surface area contributed by atoms with Crippen molar-refractivity contribution in [1.82, 2.24) is 4.90 Å². The van der Waals surface area contributed by atoms with Crippen molar-refractivity contribution in [3.05, 3.63) is 0 Å². The zero-order valence-corrected chi connectivity index (χ0v) is 10.0. The lowest BCUT2D eigenvalue weighted by Gasteiger charge is -2.40. The Kier molecular flexibility index (Phi) is 3.45. The highest BCUT2D eigenvalue weighted by atomic mass is 16.1. The number of Topliss-reactive ketones (excluding diaryl/α,β-unsaturated/α-hetero) is 1. The number of nitrogens with zero attached hydrogens (tertiary/aromatic N) is 1. The minimum atomic E-state index is 0.456. The van der Waals surface area contributed by atoms with Gasteiger partial charge in [0.1, 0.15) is 5.78 Å². The van der Waals surface area contributed by atoms with Crippen LogP contribution < -0.4 is 0 Å². The number of carbonyl (C=O) groups excluding carboxylic acids is 1. The number of piperidine rings is 1. The zero-order valence-electron chi connectivity index (χ0n) is 10.0. The van der Waals surface area contributed by atoms with E-state index < -0.39 is 0 Å². The predicted molar refractivity (Wildman–Crippen MR) is 61.8 cm³/mol. The minimum Gasteiger partial charge on any atom is -0.300 e. The summed E-state index contributed by atoms with van der Waals surface area (Å²) in [4.78, 5) is 13.9. The summed E-state index contributed by atoms with van der Waals surface area (Å²) in [6.45, 7) is 5.57. The lowest BCUT2D eigenvalue weighted by molar-refractivity contribution is -0.123. The highest BCUT2D eigenvalue weighted by Gasteiger charge is 2.32. The summed E-state index contributed by atoms with van der Waals surface area (Å²) in [5.41, 5.74) is 0. The maximum absolute atomic E-state index is 11.3. The first-order chi connectivity index (χ1) is 7.18. The van der Waals surface area contributed by atoms with Crippen LogP contribution in [0.2, 0.25) is 0 Å². The van der Waals surface area contributed by atoms with E-state index in [2.05, 4.69) is 18.7 Å². The Balaban J connectivity index is 1.93. The summed E-state index contributed by atoms with van der Waals surface area (Å²) in [7, 11) is 0. The van der Waals surface area contributed by atoms with Gasteiger partial charge in [0.15, 0.2) is 0 Å². The second-order valence-corrected chi connectivity index (χ2v) is 5.36. The molecule has 0 N–H and O–H groups in total. The van der Waals surface area contributed by atoms with E-state index in [1.807, 2.05) is 0 Å². The van der Waals surface area contributed by atoms with Gasteiger partial charge in [-0.15, -0.1) is 0 Å². The van der Waals surface area contributed by atoms with Gasteiger partial charge in [0.05, 0.1) is 0 Å². The van der Waals surface area contributed by atoms with Crippen LogP contribution in [0.4, 0.5) is 0 Å². The Labute approximate surface area is 93.0 Å². The summed E-state index contributed by atoms with van der Waals surface area (Å²) in [6, 6.07) is 1.16. The molecule has 0 aromatic carbocycles. The molecule has 0 aromatic rings. The van der Waals surface area contributed by atoms with Gasteiger partial charge in [-0.25, -0.2) is 0 Å². The molecular weight excluding hydrogens is 186 g/mol. The number of hydrogen-bond acceptors (Lipinski definition) is 2. The average molecular weight is 209 g/mol. The largest absolute Gasteiger partial charge is 0.300 e. The van der Waals surface area contributed by atoms with E-state index in [1.165, 1.54) is 25.7 Å². The Hall–Kier alpha value is -0.370. The van der Waals surface area contributed by atoms with Gasteiger partial charge >= 0.3 is 0 Å². The fourth-order valence-electron chi connectivity index (χ4n) is 3.34. The molecule has 0 radical (unpaired) electrons. The molecule has 1 saturated heterocycles. The predicted octanol–water partition coefficient (Wildman–Crippen LogP) is 2.62. The van der Waals surface area contributed by atoms with Gasteiger partial charge in [0.2, 0.25) is 0 Å². The molecule has 86 valence electrons. The lowest BCUT2D eigenvalue weighted by Crippen LogP contribution is -2.48. The van der Waals surface area contributed by atoms with Crippen molar-refractivity contribution in [3.63, 3.8) is 0 Å². The third kappa shape index (κ3) is 2.41. The van der Waals surface area contributed by atoms with Crippen LogP contribution in [0.5, 0.6) is 0 Å². The van der Waals surface area contributed by atoms with Gasteiger partial charge in [0, 0.05) is 31.5 Å². The van der Waals surface area contributed by atoms with E-state index in [-0.39, 0.29) is 0 Å². The summed E-state index contributed by atoms with van der Waals surface area (Å²) in [5.74, 6) is 1.35. The Morgan fingerprint density at radius 2 is 2.00 bits per heavy atom. The van der Waals surface area contributed by atoms with Crippen LogP contribution in [0.15, 0.2) is 0 Å². The standard InChI is InChI=1S/C13H23NO/c1-10-9-13(15)7-8-14(10)11(2)12-5-3-4-6-12/h10-12H,3-9H2,1-2H3. The van der Waals surface area contributed by atoms with Crippen molar-refractivity contribution in [2.45, 2.75) is 64.5 Å². The molecule has 1 aliphatic carbocycles. The Bertz CT molecular complexity index is 233. The smallest absolute Gasteiger partial charge is 0.135 e. The number of hydrogen-bond donors (Lipinski definition) is 0. The molecule has 0 amide bonds. The van der Waals surface area contributed by atoms with Crippen LogP contribution in [0.25, 0.3) is 0 Å². The van der Waals surface area contributed by atoms with Crippen LogP contribution in [0.3, 0.4) is 0 Å². The highest BCUT2D eigenvalue weighted by Crippen LogP contribution is 2.32. The maximum atomic E-state index is 11.3. The van der Waals surface area contributed by atoms with Crippen molar-refractivity contribution in [2.75, 3.05) is 6.54 Å². The van der Waals surface area contributed by atoms with Crippen LogP contribution in [0, 0.1) is 5.92 Å². The van der Waals surface area contributed by atoms with E-state index in [0.29, 0.717) is 17.9 Å². The normalized spacial score (nSPS) is 32.1. The van der Waals surface area contributed by atoms with Crippen LogP contribution in [-0.4, -0.2) is 29.3 Å². The molecule has 2 fully saturated rings. The van der Waals surface area contributed by atoms with Crippen molar-refractivity contribution in [3.8, 4) is 0 Å².